The molecule has 2 amide bonds. The minimum Gasteiger partial charge on any atom is -0.495 e. The lowest BCUT2D eigenvalue weighted by Gasteiger charge is -2.14. The molecule has 0 saturated carbocycles. The van der Waals surface area contributed by atoms with Gasteiger partial charge in [-0.05, 0) is 67.9 Å². The van der Waals surface area contributed by atoms with Crippen LogP contribution < -0.4 is 20.3 Å². The number of pyridine rings is 1. The summed E-state index contributed by atoms with van der Waals surface area (Å²) >= 11 is 6.21. The van der Waals surface area contributed by atoms with Gasteiger partial charge >= 0.3 is 0 Å². The number of hydrogen-bond donors (Lipinski definition) is 2. The Morgan fingerprint density at radius 2 is 1.65 bits per heavy atom. The molecule has 5 rings (SSSR count). The van der Waals surface area contributed by atoms with Crippen LogP contribution in [0, 0.1) is 13.8 Å². The first-order valence-corrected chi connectivity index (χ1v) is 12.9. The zero-order valence-corrected chi connectivity index (χ0v) is 23.0. The number of ether oxygens (including phenoxy) is 2. The van der Waals surface area contributed by atoms with Gasteiger partial charge in [-0.15, -0.1) is 0 Å². The number of methoxy groups -OCH3 is 1. The lowest BCUT2D eigenvalue weighted by Crippen LogP contribution is -2.41. The van der Waals surface area contributed by atoms with Gasteiger partial charge < -0.3 is 14.0 Å². The van der Waals surface area contributed by atoms with Crippen molar-refractivity contribution in [2.75, 3.05) is 7.11 Å². The summed E-state index contributed by atoms with van der Waals surface area (Å²) in [4.78, 5) is 30.1. The number of aromatic nitrogens is 2. The quantitative estimate of drug-likeness (QED) is 0.242. The molecule has 3 aromatic carbocycles. The number of para-hydroxylation sites is 1. The van der Waals surface area contributed by atoms with E-state index in [-0.39, 0.29) is 0 Å². The third-order valence-electron chi connectivity index (χ3n) is 6.55. The Morgan fingerprint density at radius 1 is 0.900 bits per heavy atom. The highest BCUT2D eigenvalue weighted by atomic mass is 35.5. The van der Waals surface area contributed by atoms with Crippen molar-refractivity contribution < 1.29 is 19.1 Å². The van der Waals surface area contributed by atoms with E-state index in [0.29, 0.717) is 45.6 Å². The number of benzene rings is 3. The zero-order chi connectivity index (χ0) is 28.2. The van der Waals surface area contributed by atoms with Gasteiger partial charge in [0.1, 0.15) is 23.6 Å². The number of carbonyl (C=O) groups is 2. The van der Waals surface area contributed by atoms with Crippen LogP contribution in [0.4, 0.5) is 0 Å². The van der Waals surface area contributed by atoms with E-state index in [0.717, 1.165) is 22.2 Å². The number of hydrogen-bond acceptors (Lipinski definition) is 5. The Kier molecular flexibility index (Phi) is 7.70. The molecule has 0 bridgehead atoms. The molecule has 0 aliphatic heterocycles. The lowest BCUT2D eigenvalue weighted by molar-refractivity contribution is 0.0846. The molecule has 0 aliphatic rings. The second-order valence-corrected chi connectivity index (χ2v) is 9.60. The van der Waals surface area contributed by atoms with E-state index in [9.17, 15) is 9.59 Å². The van der Waals surface area contributed by atoms with Crippen LogP contribution in [-0.2, 0) is 6.61 Å². The second kappa shape index (κ2) is 11.5. The normalized spacial score (nSPS) is 10.8. The number of amides is 2. The van der Waals surface area contributed by atoms with Crippen molar-refractivity contribution in [3.05, 3.63) is 118 Å². The maximum atomic E-state index is 13.0. The van der Waals surface area contributed by atoms with Gasteiger partial charge in [-0.2, -0.15) is 0 Å². The van der Waals surface area contributed by atoms with E-state index in [2.05, 4.69) is 15.8 Å². The first-order chi connectivity index (χ1) is 19.4. The highest BCUT2D eigenvalue weighted by Crippen LogP contribution is 2.30. The Hall–Kier alpha value is -4.82. The van der Waals surface area contributed by atoms with Crippen LogP contribution in [0.1, 0.15) is 37.7 Å². The van der Waals surface area contributed by atoms with Gasteiger partial charge in [0.05, 0.1) is 18.4 Å². The standard InChI is InChI=1S/C31H27ClN4O4/c1-19-16-25(20(2)36(19)26-17-24(32)13-14-27(26)39-3)31(38)35-34-30(37)23-11-9-21(10-12-23)18-40-28-8-4-6-22-7-5-15-33-29(22)28/h4-17H,18H2,1-3H3,(H,34,37)(H,35,38). The van der Waals surface area contributed by atoms with Crippen LogP contribution in [0.5, 0.6) is 11.5 Å². The maximum absolute atomic E-state index is 13.0. The van der Waals surface area contributed by atoms with Crippen LogP contribution in [-0.4, -0.2) is 28.5 Å². The molecule has 0 atom stereocenters. The largest absolute Gasteiger partial charge is 0.495 e. The van der Waals surface area contributed by atoms with Gasteiger partial charge in [-0.1, -0.05) is 41.9 Å². The van der Waals surface area contributed by atoms with E-state index >= 15 is 0 Å². The first-order valence-electron chi connectivity index (χ1n) is 12.5. The van der Waals surface area contributed by atoms with Gasteiger partial charge in [-0.3, -0.25) is 25.4 Å². The molecule has 2 N–H and O–H groups in total. The SMILES string of the molecule is COc1ccc(Cl)cc1-n1c(C)cc(C(=O)NNC(=O)c2ccc(COc3cccc4cccnc34)cc2)c1C. The number of fused-ring (bicyclic) bond motifs is 1. The Morgan fingerprint density at radius 3 is 2.42 bits per heavy atom. The van der Waals surface area contributed by atoms with Gasteiger partial charge in [0.2, 0.25) is 0 Å². The van der Waals surface area contributed by atoms with Crippen molar-refractivity contribution in [2.24, 2.45) is 0 Å². The van der Waals surface area contributed by atoms with Crippen molar-refractivity contribution in [1.29, 1.82) is 0 Å². The molecule has 40 heavy (non-hydrogen) atoms. The number of rotatable bonds is 7. The molecule has 5 aromatic rings. The molecule has 0 saturated heterocycles. The average Bonchev–Trinajstić information content (AvgIpc) is 3.28. The summed E-state index contributed by atoms with van der Waals surface area (Å²) in [5.74, 6) is 0.427. The predicted octanol–water partition coefficient (Wildman–Crippen LogP) is 5.96. The monoisotopic (exact) mass is 554 g/mol. The van der Waals surface area contributed by atoms with Crippen LogP contribution in [0.25, 0.3) is 16.6 Å². The van der Waals surface area contributed by atoms with Crippen LogP contribution in [0.15, 0.2) is 85.1 Å². The van der Waals surface area contributed by atoms with Gasteiger partial charge in [0.25, 0.3) is 11.8 Å². The zero-order valence-electron chi connectivity index (χ0n) is 22.2. The minimum atomic E-state index is -0.442. The average molecular weight is 555 g/mol. The Balaban J connectivity index is 1.22. The highest BCUT2D eigenvalue weighted by Gasteiger charge is 2.19. The molecular weight excluding hydrogens is 528 g/mol. The number of halogens is 1. The Bertz CT molecular complexity index is 1710. The number of carbonyl (C=O) groups excluding carboxylic acids is 2. The lowest BCUT2D eigenvalue weighted by atomic mass is 10.1. The van der Waals surface area contributed by atoms with E-state index in [1.165, 1.54) is 0 Å². The number of hydrazine groups is 1. The smallest absolute Gasteiger partial charge is 0.271 e. The molecule has 8 nitrogen and oxygen atoms in total. The number of nitrogens with zero attached hydrogens (tertiary/aromatic N) is 2. The van der Waals surface area contributed by atoms with Crippen molar-refractivity contribution in [2.45, 2.75) is 20.5 Å². The fraction of sp³-hybridized carbons (Fsp3) is 0.129. The van der Waals surface area contributed by atoms with Crippen LogP contribution in [0.3, 0.4) is 0 Å². The summed E-state index contributed by atoms with van der Waals surface area (Å²) in [6, 6.07) is 23.7. The summed E-state index contributed by atoms with van der Waals surface area (Å²) in [5.41, 5.74) is 9.69. The Labute approximate surface area is 236 Å². The number of aryl methyl sites for hydroxylation is 1. The maximum Gasteiger partial charge on any atom is 0.271 e. The second-order valence-electron chi connectivity index (χ2n) is 9.16. The first kappa shape index (κ1) is 26.8. The van der Waals surface area contributed by atoms with E-state index in [4.69, 9.17) is 21.1 Å². The molecule has 0 spiro atoms. The molecule has 2 aromatic heterocycles. The van der Waals surface area contributed by atoms with E-state index in [1.807, 2.05) is 48.7 Å². The molecule has 9 heteroatoms. The van der Waals surface area contributed by atoms with Crippen molar-refractivity contribution >= 4 is 34.3 Å². The highest BCUT2D eigenvalue weighted by molar-refractivity contribution is 6.30. The van der Waals surface area contributed by atoms with Gasteiger partial charge in [0.15, 0.2) is 0 Å². The van der Waals surface area contributed by atoms with Gasteiger partial charge in [-0.25, -0.2) is 0 Å². The molecule has 0 aliphatic carbocycles. The van der Waals surface area contributed by atoms with Crippen LogP contribution in [0.2, 0.25) is 5.02 Å². The molecule has 0 unspecified atom stereocenters. The molecular formula is C31H27ClN4O4. The van der Waals surface area contributed by atoms with Crippen molar-refractivity contribution in [1.82, 2.24) is 20.4 Å². The van der Waals surface area contributed by atoms with Crippen molar-refractivity contribution in [3.63, 3.8) is 0 Å². The number of nitrogens with one attached hydrogen (secondary N) is 2. The summed E-state index contributed by atoms with van der Waals surface area (Å²) in [7, 11) is 1.58. The van der Waals surface area contributed by atoms with Crippen LogP contribution >= 0.6 is 11.6 Å². The van der Waals surface area contributed by atoms with Crippen molar-refractivity contribution in [3.8, 4) is 17.2 Å². The summed E-state index contributed by atoms with van der Waals surface area (Å²) in [6.45, 7) is 4.02. The topological polar surface area (TPSA) is 94.5 Å². The fourth-order valence-corrected chi connectivity index (χ4v) is 4.73. The molecule has 2 heterocycles. The predicted molar refractivity (Wildman–Crippen MR) is 154 cm³/mol. The fourth-order valence-electron chi connectivity index (χ4n) is 4.56. The van der Waals surface area contributed by atoms with E-state index in [1.54, 1.807) is 61.8 Å². The summed E-state index contributed by atoms with van der Waals surface area (Å²) < 4.78 is 13.3. The minimum absolute atomic E-state index is 0.321. The summed E-state index contributed by atoms with van der Waals surface area (Å²) in [5, 5.41) is 1.55. The van der Waals surface area contributed by atoms with Gasteiger partial charge in [0, 0.05) is 33.6 Å². The molecule has 202 valence electrons. The third-order valence-corrected chi connectivity index (χ3v) is 6.79. The molecule has 0 fully saturated rings. The summed E-state index contributed by atoms with van der Waals surface area (Å²) in [6.07, 6.45) is 1.73. The molecule has 0 radical (unpaired) electrons. The van der Waals surface area contributed by atoms with E-state index < -0.39 is 11.8 Å². The third kappa shape index (κ3) is 5.48.